The molecule has 0 radical (unpaired) electrons. The number of carbonyl (C=O) groups excluding carboxylic acids is 3. The van der Waals surface area contributed by atoms with Crippen LogP contribution in [0.15, 0.2) is 182 Å². The summed E-state index contributed by atoms with van der Waals surface area (Å²) < 4.78 is 16.8. The quantitative estimate of drug-likeness (QED) is 0.0261. The summed E-state index contributed by atoms with van der Waals surface area (Å²) in [4.78, 5) is 38.2. The maximum atomic E-state index is 12.9. The zero-order chi connectivity index (χ0) is 57.1. The molecule has 0 aromatic rings. The lowest BCUT2D eigenvalue weighted by Gasteiger charge is -2.18. The van der Waals surface area contributed by atoms with Crippen LogP contribution in [0.4, 0.5) is 0 Å². The molecule has 0 aliphatic rings. The van der Waals surface area contributed by atoms with Crippen molar-refractivity contribution in [2.24, 2.45) is 0 Å². The van der Waals surface area contributed by atoms with E-state index in [1.165, 1.54) is 32.1 Å². The highest BCUT2D eigenvalue weighted by atomic mass is 16.6. The van der Waals surface area contributed by atoms with Gasteiger partial charge in [0.2, 0.25) is 0 Å². The Kier molecular flexibility index (Phi) is 60.5. The summed E-state index contributed by atoms with van der Waals surface area (Å²) in [5.41, 5.74) is 0. The molecule has 0 spiro atoms. The Morgan fingerprint density at radius 2 is 0.481 bits per heavy atom. The van der Waals surface area contributed by atoms with Crippen LogP contribution in [0, 0.1) is 0 Å². The van der Waals surface area contributed by atoms with Crippen LogP contribution in [0.1, 0.15) is 239 Å². The number of rotatable bonds is 54. The van der Waals surface area contributed by atoms with Crippen molar-refractivity contribution in [1.82, 2.24) is 0 Å². The second kappa shape index (κ2) is 65.0. The molecule has 0 aromatic carbocycles. The van der Waals surface area contributed by atoms with Crippen molar-refractivity contribution < 1.29 is 28.6 Å². The van der Waals surface area contributed by atoms with Gasteiger partial charge in [0.25, 0.3) is 0 Å². The molecule has 79 heavy (non-hydrogen) atoms. The minimum Gasteiger partial charge on any atom is -0.462 e. The zero-order valence-corrected chi connectivity index (χ0v) is 50.3. The van der Waals surface area contributed by atoms with Crippen LogP contribution < -0.4 is 0 Å². The summed E-state index contributed by atoms with van der Waals surface area (Å²) in [5, 5.41) is 0. The Hall–Kier alpha value is -5.49. The summed E-state index contributed by atoms with van der Waals surface area (Å²) in [6.07, 6.45) is 97.6. The maximum Gasteiger partial charge on any atom is 0.306 e. The molecule has 440 valence electrons. The first-order valence-electron chi connectivity index (χ1n) is 31.3. The van der Waals surface area contributed by atoms with Crippen molar-refractivity contribution in [3.8, 4) is 0 Å². The van der Waals surface area contributed by atoms with E-state index < -0.39 is 6.10 Å². The normalized spacial score (nSPS) is 13.4. The molecular weight excluding hydrogens is 973 g/mol. The number of unbranched alkanes of at least 4 members (excludes halogenated alkanes) is 13. The summed E-state index contributed by atoms with van der Waals surface area (Å²) in [5.74, 6) is -1.04. The number of hydrogen-bond donors (Lipinski definition) is 0. The van der Waals surface area contributed by atoms with Crippen molar-refractivity contribution in [3.63, 3.8) is 0 Å². The Balaban J connectivity index is 4.46. The fourth-order valence-electron chi connectivity index (χ4n) is 7.84. The van der Waals surface area contributed by atoms with Gasteiger partial charge in [0, 0.05) is 19.3 Å². The Morgan fingerprint density at radius 1 is 0.253 bits per heavy atom. The lowest BCUT2D eigenvalue weighted by molar-refractivity contribution is -0.166. The minimum absolute atomic E-state index is 0.122. The van der Waals surface area contributed by atoms with Crippen LogP contribution in [0.5, 0.6) is 0 Å². The zero-order valence-electron chi connectivity index (χ0n) is 50.3. The second-order valence-electron chi connectivity index (χ2n) is 19.8. The predicted molar refractivity (Wildman–Crippen MR) is 343 cm³/mol. The molecule has 0 N–H and O–H groups in total. The number of carbonyl (C=O) groups is 3. The van der Waals surface area contributed by atoms with E-state index >= 15 is 0 Å². The third-order valence-electron chi connectivity index (χ3n) is 12.4. The van der Waals surface area contributed by atoms with E-state index in [-0.39, 0.29) is 44.0 Å². The van der Waals surface area contributed by atoms with Gasteiger partial charge in [-0.2, -0.15) is 0 Å². The number of hydrogen-bond acceptors (Lipinski definition) is 6. The Labute approximate surface area is 484 Å². The highest BCUT2D eigenvalue weighted by Gasteiger charge is 2.19. The fourth-order valence-corrected chi connectivity index (χ4v) is 7.84. The molecule has 0 rings (SSSR count). The maximum absolute atomic E-state index is 12.9. The predicted octanol–water partition coefficient (Wildman–Crippen LogP) is 21.7. The molecular formula is C73H112O6. The fraction of sp³-hybridized carbons (Fsp3) is 0.548. The van der Waals surface area contributed by atoms with E-state index in [0.717, 1.165) is 161 Å². The van der Waals surface area contributed by atoms with Gasteiger partial charge in [-0.1, -0.05) is 261 Å². The van der Waals surface area contributed by atoms with E-state index in [1.54, 1.807) is 0 Å². The van der Waals surface area contributed by atoms with Crippen molar-refractivity contribution in [2.45, 2.75) is 245 Å². The molecule has 0 heterocycles. The van der Waals surface area contributed by atoms with Crippen molar-refractivity contribution in [3.05, 3.63) is 182 Å². The average molecular weight is 1090 g/mol. The van der Waals surface area contributed by atoms with Gasteiger partial charge in [-0.15, -0.1) is 0 Å². The molecule has 6 heteroatoms. The van der Waals surface area contributed by atoms with E-state index in [1.807, 2.05) is 12.2 Å². The molecule has 0 saturated heterocycles. The standard InChI is InChI=1S/C73H112O6/c1-4-7-10-13-16-19-22-25-27-29-31-33-34-35-36-37-38-40-41-43-45-48-51-54-57-60-63-66-72(75)78-69-70(68-77-71(74)65-62-59-56-53-50-47-24-21-18-15-12-9-6-3)79-73(76)67-64-61-58-55-52-49-46-44-42-39-32-30-28-26-23-20-17-14-11-8-5-2/h7-12,16-21,25-28,31-33,35-36,38-40,44,46-47,50,56,59,70H,4-6,13-15,22-24,29-30,34,37,41-43,45,48-49,51-55,57-58,60-69H2,1-3H3/b10-7-,11-8-,12-9-,19-16-,20-17-,21-18-,27-25-,28-26-,33-31-,36-35-,39-32-,40-38-,46-44-,50-47-,59-56-. The van der Waals surface area contributed by atoms with Crippen LogP contribution >= 0.6 is 0 Å². The van der Waals surface area contributed by atoms with Gasteiger partial charge in [-0.05, 0) is 141 Å². The van der Waals surface area contributed by atoms with Crippen LogP contribution in [-0.4, -0.2) is 37.2 Å². The van der Waals surface area contributed by atoms with Crippen LogP contribution in [0.25, 0.3) is 0 Å². The van der Waals surface area contributed by atoms with Crippen molar-refractivity contribution in [1.29, 1.82) is 0 Å². The highest BCUT2D eigenvalue weighted by molar-refractivity contribution is 5.71. The minimum atomic E-state index is -0.833. The molecule has 0 aliphatic carbocycles. The molecule has 0 saturated carbocycles. The Bertz CT molecular complexity index is 1870. The molecule has 1 unspecified atom stereocenters. The third kappa shape index (κ3) is 63.2. The lowest BCUT2D eigenvalue weighted by atomic mass is 10.1. The molecule has 1 atom stereocenters. The summed E-state index contributed by atoms with van der Waals surface area (Å²) in [7, 11) is 0. The first kappa shape index (κ1) is 73.5. The van der Waals surface area contributed by atoms with Gasteiger partial charge >= 0.3 is 17.9 Å². The lowest BCUT2D eigenvalue weighted by Crippen LogP contribution is -2.30. The summed E-state index contributed by atoms with van der Waals surface area (Å²) in [6, 6.07) is 0. The number of allylic oxidation sites excluding steroid dienone is 30. The number of ether oxygens (including phenoxy) is 3. The first-order valence-corrected chi connectivity index (χ1v) is 31.3. The van der Waals surface area contributed by atoms with Gasteiger partial charge in [0.1, 0.15) is 13.2 Å². The molecule has 0 aliphatic heterocycles. The highest BCUT2D eigenvalue weighted by Crippen LogP contribution is 2.14. The van der Waals surface area contributed by atoms with Crippen LogP contribution in [0.2, 0.25) is 0 Å². The van der Waals surface area contributed by atoms with Gasteiger partial charge < -0.3 is 14.2 Å². The van der Waals surface area contributed by atoms with Gasteiger partial charge in [-0.25, -0.2) is 0 Å². The van der Waals surface area contributed by atoms with Crippen LogP contribution in [-0.2, 0) is 28.6 Å². The molecule has 0 amide bonds. The smallest absolute Gasteiger partial charge is 0.306 e. The van der Waals surface area contributed by atoms with E-state index in [2.05, 4.69) is 191 Å². The Morgan fingerprint density at radius 3 is 0.785 bits per heavy atom. The SMILES string of the molecule is CC/C=C\C/C=C\C/C=C\C/C=C\C/C=C\C/C=C\CCCCCCCCCCC(=O)OCC(COC(=O)CC/C=C\C/C=C\C/C=C\C/C=C\CC)OC(=O)CCCCCCC/C=C\C/C=C\C/C=C\C/C=C\C/C=C\CC. The third-order valence-corrected chi connectivity index (χ3v) is 12.4. The molecule has 6 nitrogen and oxygen atoms in total. The summed E-state index contributed by atoms with van der Waals surface area (Å²) in [6.45, 7) is 6.19. The first-order chi connectivity index (χ1) is 39.0. The molecule has 0 fully saturated rings. The summed E-state index contributed by atoms with van der Waals surface area (Å²) >= 11 is 0. The van der Waals surface area contributed by atoms with Gasteiger partial charge in [-0.3, -0.25) is 14.4 Å². The van der Waals surface area contributed by atoms with E-state index in [4.69, 9.17) is 14.2 Å². The monoisotopic (exact) mass is 1080 g/mol. The van der Waals surface area contributed by atoms with E-state index in [0.29, 0.717) is 12.8 Å². The molecule has 0 bridgehead atoms. The number of esters is 3. The van der Waals surface area contributed by atoms with Gasteiger partial charge in [0.15, 0.2) is 6.10 Å². The van der Waals surface area contributed by atoms with Crippen molar-refractivity contribution in [2.75, 3.05) is 13.2 Å². The molecule has 0 aromatic heterocycles. The average Bonchev–Trinajstić information content (AvgIpc) is 3.45. The van der Waals surface area contributed by atoms with Crippen molar-refractivity contribution >= 4 is 17.9 Å². The van der Waals surface area contributed by atoms with Crippen LogP contribution in [0.3, 0.4) is 0 Å². The largest absolute Gasteiger partial charge is 0.462 e. The topological polar surface area (TPSA) is 78.9 Å². The van der Waals surface area contributed by atoms with E-state index in [9.17, 15) is 14.4 Å². The second-order valence-corrected chi connectivity index (χ2v) is 19.8. The van der Waals surface area contributed by atoms with Gasteiger partial charge in [0.05, 0.1) is 0 Å².